The molecule has 19 heavy (non-hydrogen) atoms. The largest absolute Gasteiger partial charge is 0.387 e. The van der Waals surface area contributed by atoms with Crippen LogP contribution in [0.5, 0.6) is 0 Å². The van der Waals surface area contributed by atoms with Crippen molar-refractivity contribution in [3.05, 3.63) is 16.8 Å². The molecule has 100 valence electrons. The minimum atomic E-state index is -1.18. The molecule has 1 saturated heterocycles. The first kappa shape index (κ1) is 10.9. The number of anilines is 1. The van der Waals surface area contributed by atoms with Crippen molar-refractivity contribution < 1.29 is 14.9 Å². The third-order valence-electron chi connectivity index (χ3n) is 3.67. The summed E-state index contributed by atoms with van der Waals surface area (Å²) in [4.78, 5) is 19.8. The Bertz CT molecular complexity index is 737. The normalized spacial score (nSPS) is 32.7. The predicted octanol–water partition coefficient (Wildman–Crippen LogP) is -2.19. The summed E-state index contributed by atoms with van der Waals surface area (Å²) in [5, 5.41) is 19.9. The van der Waals surface area contributed by atoms with Crippen LogP contribution in [0.15, 0.2) is 11.1 Å². The quantitative estimate of drug-likeness (QED) is 0.493. The number of aromatic nitrogens is 4. The van der Waals surface area contributed by atoms with Crippen molar-refractivity contribution in [2.45, 2.75) is 31.1 Å². The van der Waals surface area contributed by atoms with Gasteiger partial charge < -0.3 is 25.3 Å². The van der Waals surface area contributed by atoms with Gasteiger partial charge in [-0.1, -0.05) is 0 Å². The van der Waals surface area contributed by atoms with E-state index in [2.05, 4.69) is 9.97 Å². The van der Waals surface area contributed by atoms with Crippen molar-refractivity contribution in [1.29, 1.82) is 0 Å². The van der Waals surface area contributed by atoms with Gasteiger partial charge in [-0.3, -0.25) is 0 Å². The van der Waals surface area contributed by atoms with Gasteiger partial charge in [0.05, 0.1) is 12.9 Å². The maximum Gasteiger partial charge on any atom is 0.353 e. The number of imidazole rings is 1. The minimum absolute atomic E-state index is 0.0443. The fourth-order valence-electron chi connectivity index (χ4n) is 2.76. The Morgan fingerprint density at radius 3 is 3.00 bits per heavy atom. The van der Waals surface area contributed by atoms with E-state index in [1.54, 1.807) is 4.57 Å². The molecule has 0 aromatic carbocycles. The van der Waals surface area contributed by atoms with Crippen LogP contribution in [0.1, 0.15) is 6.23 Å². The first-order valence-corrected chi connectivity index (χ1v) is 5.82. The molecule has 4 unspecified atom stereocenters. The summed E-state index contributed by atoms with van der Waals surface area (Å²) < 4.78 is 8.40. The number of aliphatic hydroxyl groups excluding tert-OH is 2. The second-order valence-corrected chi connectivity index (χ2v) is 4.77. The van der Waals surface area contributed by atoms with Crippen molar-refractivity contribution in [2.24, 2.45) is 0 Å². The van der Waals surface area contributed by atoms with Crippen molar-refractivity contribution in [1.82, 2.24) is 19.1 Å². The van der Waals surface area contributed by atoms with Crippen molar-refractivity contribution in [3.63, 3.8) is 0 Å². The van der Waals surface area contributed by atoms with Crippen molar-refractivity contribution >= 4 is 17.0 Å². The Kier molecular flexibility index (Phi) is 1.91. The van der Waals surface area contributed by atoms with Crippen LogP contribution < -0.4 is 11.4 Å². The predicted molar refractivity (Wildman–Crippen MR) is 62.1 cm³/mol. The highest BCUT2D eigenvalue weighted by Gasteiger charge is 2.47. The Morgan fingerprint density at radius 2 is 2.21 bits per heavy atom. The standard InChI is InChI=1S/C10H11N5O4/c11-7-4-8-14(2-12-4)1-3-5(16)6(17)9(19-3)15(8)10(18)13-7/h2-3,5-6,9,16-17H,1H2,(H2,11,13,18). The molecule has 4 rings (SSSR count). The second-order valence-electron chi connectivity index (χ2n) is 4.77. The number of rotatable bonds is 0. The van der Waals surface area contributed by atoms with E-state index >= 15 is 0 Å². The number of nitrogens with zero attached hydrogens (tertiary/aromatic N) is 4. The van der Waals surface area contributed by atoms with Gasteiger partial charge in [-0.25, -0.2) is 14.3 Å². The molecule has 0 amide bonds. The maximum absolute atomic E-state index is 12.0. The molecule has 0 saturated carbocycles. The summed E-state index contributed by atoms with van der Waals surface area (Å²) in [6, 6.07) is 0. The van der Waals surface area contributed by atoms with E-state index in [0.717, 1.165) is 0 Å². The Morgan fingerprint density at radius 1 is 1.42 bits per heavy atom. The smallest absolute Gasteiger partial charge is 0.353 e. The average Bonchev–Trinajstić information content (AvgIpc) is 2.82. The molecule has 2 aromatic rings. The summed E-state index contributed by atoms with van der Waals surface area (Å²) in [5.41, 5.74) is 5.88. The van der Waals surface area contributed by atoms with Crippen LogP contribution in [-0.2, 0) is 11.3 Å². The van der Waals surface area contributed by atoms with Crippen LogP contribution in [0, 0.1) is 0 Å². The lowest BCUT2D eigenvalue weighted by atomic mass is 10.1. The van der Waals surface area contributed by atoms with Crippen LogP contribution in [0.3, 0.4) is 0 Å². The summed E-state index contributed by atoms with van der Waals surface area (Å²) in [6.45, 7) is 0.286. The molecule has 2 aliphatic heterocycles. The number of nitrogen functional groups attached to an aromatic ring is 1. The Hall–Kier alpha value is -1.97. The number of ether oxygens (including phenoxy) is 1. The SMILES string of the molecule is Nc1nc(=O)n2c3c1ncn3CC1OC2C(O)C1O. The Labute approximate surface area is 105 Å². The van der Waals surface area contributed by atoms with Crippen molar-refractivity contribution in [2.75, 3.05) is 5.73 Å². The average molecular weight is 265 g/mol. The van der Waals surface area contributed by atoms with Crippen LogP contribution in [0.25, 0.3) is 11.2 Å². The van der Waals surface area contributed by atoms with Gasteiger partial charge in [0.1, 0.15) is 23.8 Å². The van der Waals surface area contributed by atoms with Gasteiger partial charge in [0.15, 0.2) is 17.7 Å². The molecule has 4 N–H and O–H groups in total. The van der Waals surface area contributed by atoms with E-state index in [9.17, 15) is 15.0 Å². The minimum Gasteiger partial charge on any atom is -0.387 e. The van der Waals surface area contributed by atoms with Gasteiger partial charge in [0.2, 0.25) is 0 Å². The molecule has 9 nitrogen and oxygen atoms in total. The van der Waals surface area contributed by atoms with Crippen LogP contribution in [0.2, 0.25) is 0 Å². The van der Waals surface area contributed by atoms with Crippen LogP contribution in [-0.4, -0.2) is 47.6 Å². The van der Waals surface area contributed by atoms with Crippen molar-refractivity contribution in [3.8, 4) is 0 Å². The highest BCUT2D eigenvalue weighted by molar-refractivity contribution is 5.82. The summed E-state index contributed by atoms with van der Waals surface area (Å²) >= 11 is 0. The molecule has 0 spiro atoms. The zero-order valence-electron chi connectivity index (χ0n) is 9.67. The van der Waals surface area contributed by atoms with E-state index in [0.29, 0.717) is 11.2 Å². The second kappa shape index (κ2) is 3.32. The molecule has 4 heterocycles. The monoisotopic (exact) mass is 265 g/mol. The summed E-state index contributed by atoms with van der Waals surface area (Å²) in [7, 11) is 0. The number of fused-ring (bicyclic) bond motifs is 3. The van der Waals surface area contributed by atoms with E-state index in [1.807, 2.05) is 0 Å². The zero-order valence-corrected chi connectivity index (χ0v) is 9.67. The van der Waals surface area contributed by atoms with Gasteiger partial charge in [0.25, 0.3) is 0 Å². The first-order valence-electron chi connectivity index (χ1n) is 5.82. The van der Waals surface area contributed by atoms with E-state index in [-0.39, 0.29) is 12.4 Å². The van der Waals surface area contributed by atoms with E-state index in [4.69, 9.17) is 10.5 Å². The lowest BCUT2D eigenvalue weighted by Gasteiger charge is -2.19. The number of nitrogens with two attached hydrogens (primary N) is 1. The fraction of sp³-hybridized carbons (Fsp3) is 0.500. The lowest BCUT2D eigenvalue weighted by Crippen LogP contribution is -2.39. The van der Waals surface area contributed by atoms with E-state index in [1.165, 1.54) is 10.9 Å². The molecule has 2 aliphatic rings. The van der Waals surface area contributed by atoms with Gasteiger partial charge in [-0.05, 0) is 0 Å². The Balaban J connectivity index is 2.11. The molecule has 0 radical (unpaired) electrons. The fourth-order valence-corrected chi connectivity index (χ4v) is 2.76. The first-order chi connectivity index (χ1) is 9.08. The molecule has 1 fully saturated rings. The van der Waals surface area contributed by atoms with Gasteiger partial charge in [0, 0.05) is 0 Å². The highest BCUT2D eigenvalue weighted by Crippen LogP contribution is 2.34. The maximum atomic E-state index is 12.0. The highest BCUT2D eigenvalue weighted by atomic mass is 16.6. The third-order valence-corrected chi connectivity index (χ3v) is 3.67. The molecule has 0 aliphatic carbocycles. The van der Waals surface area contributed by atoms with Crippen LogP contribution >= 0.6 is 0 Å². The lowest BCUT2D eigenvalue weighted by molar-refractivity contribution is -0.0352. The number of hydrogen-bond donors (Lipinski definition) is 3. The van der Waals surface area contributed by atoms with Crippen LogP contribution in [0.4, 0.5) is 5.82 Å². The topological polar surface area (TPSA) is 128 Å². The third kappa shape index (κ3) is 1.21. The summed E-state index contributed by atoms with van der Waals surface area (Å²) in [6.07, 6.45) is -2.29. The molecule has 2 bridgehead atoms. The molecular weight excluding hydrogens is 254 g/mol. The molecule has 2 aromatic heterocycles. The summed E-state index contributed by atoms with van der Waals surface area (Å²) in [5.74, 6) is 0.0443. The zero-order chi connectivity index (χ0) is 13.3. The molecule has 4 atom stereocenters. The number of aliphatic hydroxyl groups is 2. The van der Waals surface area contributed by atoms with Gasteiger partial charge in [-0.15, -0.1) is 0 Å². The van der Waals surface area contributed by atoms with E-state index < -0.39 is 30.2 Å². The van der Waals surface area contributed by atoms with Gasteiger partial charge in [-0.2, -0.15) is 4.98 Å². The molecule has 9 heteroatoms. The number of hydrogen-bond acceptors (Lipinski definition) is 7. The van der Waals surface area contributed by atoms with Gasteiger partial charge >= 0.3 is 5.69 Å². The molecular formula is C10H11N5O4.